The number of rotatable bonds is 6. The Labute approximate surface area is 201 Å². The maximum atomic E-state index is 12.6. The van der Waals surface area contributed by atoms with Crippen LogP contribution in [0.25, 0.3) is 10.2 Å². The van der Waals surface area contributed by atoms with Crippen LogP contribution in [-0.4, -0.2) is 56.1 Å². The summed E-state index contributed by atoms with van der Waals surface area (Å²) in [5, 5.41) is 22.3. The van der Waals surface area contributed by atoms with E-state index < -0.39 is 5.60 Å². The first kappa shape index (κ1) is 22.6. The molecule has 33 heavy (non-hydrogen) atoms. The molecule has 1 amide bonds. The molecule has 1 aliphatic heterocycles. The van der Waals surface area contributed by atoms with E-state index in [1.165, 1.54) is 11.5 Å². The minimum atomic E-state index is -0.558. The molecule has 0 spiro atoms. The maximum absolute atomic E-state index is 12.6. The highest BCUT2D eigenvalue weighted by Gasteiger charge is 2.29. The standard InChI is InChI=1S/C23H30N6O2S2/c1-23(31)7-2-14(3-8-23)25-21-20-17(6-11-32-20)27-19(28-21)13-16-12-18(29-33-16)22(30)26-15-4-9-24-10-5-15/h6,11-12,14-15,24,31H,2-5,7-10,13H2,1H3,(H,26,30)(H,25,27,28). The SMILES string of the molecule is CC1(O)CCC(Nc2nc(Cc3cc(C(=O)NC4CCNCC4)ns3)nc3ccsc23)CC1. The minimum absolute atomic E-state index is 0.103. The second kappa shape index (κ2) is 9.61. The Bertz CT molecular complexity index is 1110. The number of carbonyl (C=O) groups excluding carboxylic acids is 1. The zero-order valence-corrected chi connectivity index (χ0v) is 20.4. The smallest absolute Gasteiger partial charge is 0.271 e. The molecule has 0 unspecified atom stereocenters. The van der Waals surface area contributed by atoms with Crippen molar-refractivity contribution in [3.8, 4) is 0 Å². The molecule has 0 radical (unpaired) electrons. The van der Waals surface area contributed by atoms with Crippen molar-refractivity contribution in [1.82, 2.24) is 25.0 Å². The normalized spacial score (nSPS) is 24.1. The van der Waals surface area contributed by atoms with Crippen LogP contribution in [-0.2, 0) is 6.42 Å². The van der Waals surface area contributed by atoms with E-state index in [9.17, 15) is 9.90 Å². The van der Waals surface area contributed by atoms with Gasteiger partial charge in [0, 0.05) is 23.4 Å². The van der Waals surface area contributed by atoms with Crippen LogP contribution in [0.2, 0.25) is 0 Å². The van der Waals surface area contributed by atoms with Crippen molar-refractivity contribution in [2.24, 2.45) is 0 Å². The van der Waals surface area contributed by atoms with E-state index in [1.807, 2.05) is 24.4 Å². The molecule has 3 aromatic rings. The van der Waals surface area contributed by atoms with Gasteiger partial charge in [-0.05, 0) is 87.6 Å². The molecule has 0 aromatic carbocycles. The highest BCUT2D eigenvalue weighted by Crippen LogP contribution is 2.32. The van der Waals surface area contributed by atoms with Gasteiger partial charge in [-0.1, -0.05) is 0 Å². The van der Waals surface area contributed by atoms with Gasteiger partial charge < -0.3 is 21.1 Å². The molecule has 1 aliphatic carbocycles. The van der Waals surface area contributed by atoms with Gasteiger partial charge in [-0.15, -0.1) is 11.3 Å². The third-order valence-corrected chi connectivity index (χ3v) is 8.25. The van der Waals surface area contributed by atoms with Crippen LogP contribution >= 0.6 is 22.9 Å². The summed E-state index contributed by atoms with van der Waals surface area (Å²) in [6.45, 7) is 3.79. The molecule has 2 aliphatic rings. The zero-order chi connectivity index (χ0) is 22.8. The van der Waals surface area contributed by atoms with Crippen LogP contribution < -0.4 is 16.0 Å². The Hall–Kier alpha value is -2.14. The van der Waals surface area contributed by atoms with Gasteiger partial charge in [0.15, 0.2) is 0 Å². The average molecular weight is 487 g/mol. The predicted octanol–water partition coefficient (Wildman–Crippen LogP) is 3.33. The second-order valence-corrected chi connectivity index (χ2v) is 11.2. The first-order chi connectivity index (χ1) is 15.9. The van der Waals surface area contributed by atoms with Crippen LogP contribution in [0.1, 0.15) is 66.6 Å². The van der Waals surface area contributed by atoms with Gasteiger partial charge in [-0.3, -0.25) is 4.79 Å². The molecule has 176 valence electrons. The highest BCUT2D eigenvalue weighted by atomic mass is 32.1. The van der Waals surface area contributed by atoms with Gasteiger partial charge in [0.25, 0.3) is 5.91 Å². The van der Waals surface area contributed by atoms with Crippen LogP contribution in [0, 0.1) is 0 Å². The average Bonchev–Trinajstić information content (AvgIpc) is 3.46. The molecule has 0 atom stereocenters. The van der Waals surface area contributed by atoms with Gasteiger partial charge in [-0.25, -0.2) is 9.97 Å². The van der Waals surface area contributed by atoms with Crippen molar-refractivity contribution >= 4 is 44.8 Å². The van der Waals surface area contributed by atoms with Crippen molar-refractivity contribution in [2.75, 3.05) is 18.4 Å². The summed E-state index contributed by atoms with van der Waals surface area (Å²) in [7, 11) is 0. The molecular weight excluding hydrogens is 456 g/mol. The van der Waals surface area contributed by atoms with Crippen LogP contribution in [0.5, 0.6) is 0 Å². The number of hydrogen-bond acceptors (Lipinski definition) is 9. The molecule has 1 saturated carbocycles. The quantitative estimate of drug-likeness (QED) is 0.423. The summed E-state index contributed by atoms with van der Waals surface area (Å²) in [5.41, 5.74) is 0.846. The number of hydrogen-bond donors (Lipinski definition) is 4. The van der Waals surface area contributed by atoms with Crippen molar-refractivity contribution in [1.29, 1.82) is 0 Å². The fraction of sp³-hybridized carbons (Fsp3) is 0.565. The number of amides is 1. The van der Waals surface area contributed by atoms with Gasteiger partial charge in [0.05, 0.1) is 15.8 Å². The number of anilines is 1. The van der Waals surface area contributed by atoms with E-state index in [-0.39, 0.29) is 11.9 Å². The minimum Gasteiger partial charge on any atom is -0.390 e. The number of aliphatic hydroxyl groups is 1. The van der Waals surface area contributed by atoms with E-state index >= 15 is 0 Å². The van der Waals surface area contributed by atoms with Gasteiger partial charge in [-0.2, -0.15) is 4.37 Å². The Kier molecular flexibility index (Phi) is 6.60. The molecule has 2 fully saturated rings. The van der Waals surface area contributed by atoms with Crippen molar-refractivity contribution < 1.29 is 9.90 Å². The summed E-state index contributed by atoms with van der Waals surface area (Å²) >= 11 is 2.97. The summed E-state index contributed by atoms with van der Waals surface area (Å²) in [6.07, 6.45) is 5.86. The molecule has 1 saturated heterocycles. The summed E-state index contributed by atoms with van der Waals surface area (Å²) in [6, 6.07) is 4.39. The summed E-state index contributed by atoms with van der Waals surface area (Å²) < 4.78 is 5.44. The molecule has 0 bridgehead atoms. The number of nitrogens with one attached hydrogen (secondary N) is 3. The Morgan fingerprint density at radius 2 is 2.00 bits per heavy atom. The van der Waals surface area contributed by atoms with Gasteiger partial charge in [0.2, 0.25) is 0 Å². The molecule has 10 heteroatoms. The maximum Gasteiger partial charge on any atom is 0.271 e. The second-order valence-electron chi connectivity index (χ2n) is 9.39. The Balaban J connectivity index is 1.28. The van der Waals surface area contributed by atoms with Gasteiger partial charge in [0.1, 0.15) is 17.3 Å². The number of fused-ring (bicyclic) bond motifs is 1. The van der Waals surface area contributed by atoms with Crippen LogP contribution in [0.4, 0.5) is 5.82 Å². The van der Waals surface area contributed by atoms with Crippen molar-refractivity contribution in [2.45, 2.75) is 69.6 Å². The lowest BCUT2D eigenvalue weighted by atomic mass is 9.84. The summed E-state index contributed by atoms with van der Waals surface area (Å²) in [5.74, 6) is 1.49. The Morgan fingerprint density at radius 1 is 1.21 bits per heavy atom. The fourth-order valence-electron chi connectivity index (χ4n) is 4.55. The molecule has 5 rings (SSSR count). The number of thiophene rings is 1. The number of nitrogens with zero attached hydrogens (tertiary/aromatic N) is 3. The predicted molar refractivity (Wildman–Crippen MR) is 132 cm³/mol. The number of carbonyl (C=O) groups is 1. The Morgan fingerprint density at radius 3 is 2.79 bits per heavy atom. The largest absolute Gasteiger partial charge is 0.390 e. The topological polar surface area (TPSA) is 112 Å². The third kappa shape index (κ3) is 5.51. The van der Waals surface area contributed by atoms with Crippen molar-refractivity contribution in [3.63, 3.8) is 0 Å². The molecule has 4 heterocycles. The molecule has 4 N–H and O–H groups in total. The first-order valence-electron chi connectivity index (χ1n) is 11.7. The van der Waals surface area contributed by atoms with E-state index in [0.29, 0.717) is 18.2 Å². The number of piperidine rings is 1. The van der Waals surface area contributed by atoms with E-state index in [4.69, 9.17) is 9.97 Å². The van der Waals surface area contributed by atoms with Crippen LogP contribution in [0.15, 0.2) is 17.5 Å². The highest BCUT2D eigenvalue weighted by molar-refractivity contribution is 7.17. The van der Waals surface area contributed by atoms with E-state index in [1.54, 1.807) is 11.3 Å². The monoisotopic (exact) mass is 486 g/mol. The lowest BCUT2D eigenvalue weighted by Crippen LogP contribution is -2.42. The lowest BCUT2D eigenvalue weighted by Gasteiger charge is -2.33. The fourth-order valence-corrected chi connectivity index (χ4v) is 6.04. The van der Waals surface area contributed by atoms with Gasteiger partial charge >= 0.3 is 0 Å². The lowest BCUT2D eigenvalue weighted by molar-refractivity contribution is 0.0196. The first-order valence-corrected chi connectivity index (χ1v) is 13.3. The third-order valence-electron chi connectivity index (χ3n) is 6.55. The van der Waals surface area contributed by atoms with Crippen LogP contribution in [0.3, 0.4) is 0 Å². The number of aromatic nitrogens is 3. The molecule has 3 aromatic heterocycles. The zero-order valence-electron chi connectivity index (χ0n) is 18.8. The van der Waals surface area contributed by atoms with E-state index in [2.05, 4.69) is 20.3 Å². The molecule has 8 nitrogen and oxygen atoms in total. The van der Waals surface area contributed by atoms with E-state index in [0.717, 1.165) is 78.4 Å². The summed E-state index contributed by atoms with van der Waals surface area (Å²) in [4.78, 5) is 23.2. The van der Waals surface area contributed by atoms with Crippen molar-refractivity contribution in [3.05, 3.63) is 33.9 Å². The molecular formula is C23H30N6O2S2.